The van der Waals surface area contributed by atoms with Crippen LogP contribution in [0.3, 0.4) is 0 Å². The van der Waals surface area contributed by atoms with E-state index in [1.807, 2.05) is 0 Å². The molecule has 0 radical (unpaired) electrons. The average molecular weight is 707 g/mol. The SMILES string of the molecule is COCc1nc(N(C[C@@H](Cc2ccc(C(F)(F)F)cc2)NS(=O)(=O)c2ccc([N+](=O)[O-])cc2)C(C)=O)sc1-c1nc2ccncc2s1. The molecule has 0 saturated carbocycles. The average Bonchev–Trinajstić information content (AvgIpc) is 3.64. The zero-order valence-corrected chi connectivity index (χ0v) is 27.0. The first-order valence-corrected chi connectivity index (χ1v) is 16.8. The number of nitrogens with zero attached hydrogens (tertiary/aromatic N) is 5. The van der Waals surface area contributed by atoms with Gasteiger partial charge < -0.3 is 4.74 Å². The summed E-state index contributed by atoms with van der Waals surface area (Å²) in [5, 5.41) is 11.9. The number of hydrogen-bond acceptors (Lipinski definition) is 11. The number of halogens is 3. The van der Waals surface area contributed by atoms with Crippen molar-refractivity contribution < 1.29 is 36.0 Å². The topological polar surface area (TPSA) is 158 Å². The minimum atomic E-state index is -4.57. The summed E-state index contributed by atoms with van der Waals surface area (Å²) < 4.78 is 75.1. The number of pyridine rings is 1. The Balaban J connectivity index is 1.50. The second kappa shape index (κ2) is 13.8. The Morgan fingerprint density at radius 1 is 1.09 bits per heavy atom. The number of anilines is 1. The number of alkyl halides is 3. The third-order valence-corrected chi connectivity index (χ3v) is 10.6. The molecule has 1 N–H and O–H groups in total. The molecular formula is C29H25F3N6O6S3. The van der Waals surface area contributed by atoms with Crippen LogP contribution >= 0.6 is 22.7 Å². The smallest absolute Gasteiger partial charge is 0.378 e. The number of nitro groups is 1. The summed E-state index contributed by atoms with van der Waals surface area (Å²) in [5.74, 6) is -0.477. The molecule has 5 rings (SSSR count). The Bertz CT molecular complexity index is 1980. The maximum absolute atomic E-state index is 13.4. The summed E-state index contributed by atoms with van der Waals surface area (Å²) >= 11 is 2.53. The molecule has 3 aromatic heterocycles. The molecule has 47 heavy (non-hydrogen) atoms. The van der Waals surface area contributed by atoms with Gasteiger partial charge in [0.2, 0.25) is 15.9 Å². The first-order valence-electron chi connectivity index (χ1n) is 13.7. The van der Waals surface area contributed by atoms with E-state index in [0.717, 1.165) is 58.0 Å². The van der Waals surface area contributed by atoms with E-state index in [0.29, 0.717) is 21.1 Å². The number of nitrogens with one attached hydrogen (secondary N) is 1. The van der Waals surface area contributed by atoms with Crippen LogP contribution in [-0.4, -0.2) is 53.9 Å². The number of amides is 1. The molecule has 5 aromatic rings. The molecule has 3 heterocycles. The number of hydrogen-bond donors (Lipinski definition) is 1. The summed E-state index contributed by atoms with van der Waals surface area (Å²) in [6.07, 6.45) is -1.38. The molecule has 0 spiro atoms. The lowest BCUT2D eigenvalue weighted by Crippen LogP contribution is -2.46. The van der Waals surface area contributed by atoms with Gasteiger partial charge in [0.25, 0.3) is 5.69 Å². The van der Waals surface area contributed by atoms with Crippen LogP contribution in [-0.2, 0) is 38.8 Å². The predicted octanol–water partition coefficient (Wildman–Crippen LogP) is 5.83. The van der Waals surface area contributed by atoms with Gasteiger partial charge in [-0.25, -0.2) is 23.1 Å². The van der Waals surface area contributed by atoms with Crippen molar-refractivity contribution in [3.63, 3.8) is 0 Å². The summed E-state index contributed by atoms with van der Waals surface area (Å²) in [6.45, 7) is 1.11. The molecule has 0 aliphatic carbocycles. The van der Waals surface area contributed by atoms with Crippen molar-refractivity contribution in [1.82, 2.24) is 19.7 Å². The van der Waals surface area contributed by atoms with Crippen LogP contribution in [0.15, 0.2) is 71.9 Å². The van der Waals surface area contributed by atoms with Gasteiger partial charge in [-0.1, -0.05) is 23.5 Å². The molecule has 246 valence electrons. The number of nitro benzene ring substituents is 1. The molecule has 0 saturated heterocycles. The number of carbonyl (C=O) groups excluding carboxylic acids is 1. The number of ether oxygens (including phenoxy) is 1. The van der Waals surface area contributed by atoms with Gasteiger partial charge in [-0.3, -0.25) is 24.8 Å². The maximum atomic E-state index is 13.4. The van der Waals surface area contributed by atoms with Crippen LogP contribution < -0.4 is 9.62 Å². The zero-order valence-electron chi connectivity index (χ0n) is 24.6. The third-order valence-electron chi connectivity index (χ3n) is 6.81. The van der Waals surface area contributed by atoms with Gasteiger partial charge >= 0.3 is 6.18 Å². The molecule has 0 aliphatic rings. The molecule has 0 aliphatic heterocycles. The third kappa shape index (κ3) is 7.96. The fourth-order valence-electron chi connectivity index (χ4n) is 4.59. The highest BCUT2D eigenvalue weighted by Gasteiger charge is 2.31. The van der Waals surface area contributed by atoms with Crippen LogP contribution in [0.2, 0.25) is 0 Å². The van der Waals surface area contributed by atoms with E-state index in [4.69, 9.17) is 4.74 Å². The van der Waals surface area contributed by atoms with E-state index < -0.39 is 38.6 Å². The van der Waals surface area contributed by atoms with Gasteiger partial charge in [0.1, 0.15) is 5.01 Å². The van der Waals surface area contributed by atoms with Gasteiger partial charge in [0.15, 0.2) is 5.13 Å². The number of benzene rings is 2. The van der Waals surface area contributed by atoms with Crippen molar-refractivity contribution in [3.8, 4) is 9.88 Å². The number of fused-ring (bicyclic) bond motifs is 1. The normalized spacial score (nSPS) is 12.7. The molecule has 18 heteroatoms. The van der Waals surface area contributed by atoms with E-state index >= 15 is 0 Å². The number of non-ortho nitro benzene ring substituents is 1. The first-order chi connectivity index (χ1) is 22.2. The van der Waals surface area contributed by atoms with Gasteiger partial charge in [0.05, 0.1) is 42.8 Å². The summed E-state index contributed by atoms with van der Waals surface area (Å²) in [5.41, 5.74) is 0.390. The molecule has 0 bridgehead atoms. The second-order valence-corrected chi connectivity index (χ2v) is 13.9. The summed E-state index contributed by atoms with van der Waals surface area (Å²) in [7, 11) is -2.83. The monoisotopic (exact) mass is 706 g/mol. The van der Waals surface area contributed by atoms with E-state index in [1.54, 1.807) is 18.5 Å². The molecule has 0 fully saturated rings. The van der Waals surface area contributed by atoms with Gasteiger partial charge in [-0.05, 0) is 42.3 Å². The van der Waals surface area contributed by atoms with Crippen LogP contribution in [0.5, 0.6) is 0 Å². The van der Waals surface area contributed by atoms with E-state index in [2.05, 4.69) is 19.7 Å². The Kier molecular flexibility index (Phi) is 9.97. The molecule has 1 atom stereocenters. The highest BCUT2D eigenvalue weighted by atomic mass is 32.2. The van der Waals surface area contributed by atoms with Gasteiger partial charge in [0, 0.05) is 51.1 Å². The fraction of sp³-hybridized carbons (Fsp3) is 0.241. The Labute approximate surface area is 274 Å². The summed E-state index contributed by atoms with van der Waals surface area (Å²) in [6, 6.07) is 9.13. The largest absolute Gasteiger partial charge is 0.416 e. The molecule has 2 aromatic carbocycles. The molecular weight excluding hydrogens is 682 g/mol. The number of methoxy groups -OCH3 is 1. The van der Waals surface area contributed by atoms with E-state index in [9.17, 15) is 36.5 Å². The van der Waals surface area contributed by atoms with Crippen molar-refractivity contribution >= 4 is 59.6 Å². The van der Waals surface area contributed by atoms with Crippen molar-refractivity contribution in [1.29, 1.82) is 0 Å². The predicted molar refractivity (Wildman–Crippen MR) is 170 cm³/mol. The zero-order chi connectivity index (χ0) is 33.9. The number of thiazole rings is 2. The van der Waals surface area contributed by atoms with Crippen molar-refractivity contribution in [2.45, 2.75) is 37.1 Å². The van der Waals surface area contributed by atoms with Gasteiger partial charge in [-0.15, -0.1) is 11.3 Å². The standard InChI is InChI=1S/C29H25F3N6O6S3/c1-17(39)37(28-35-24(16-44-2)26(46-28)27-34-23-11-12-33-14-25(23)45-27)15-20(13-18-3-5-19(6-4-18)29(30,31)32)36-47(42,43)22-9-7-21(8-10-22)38(40)41/h3-12,14,20,36H,13,15-16H2,1-2H3/t20-/m1/s1. The highest BCUT2D eigenvalue weighted by Crippen LogP contribution is 2.39. The molecule has 1 amide bonds. The van der Waals surface area contributed by atoms with Crippen molar-refractivity contribution in [2.75, 3.05) is 18.6 Å². The number of sulfonamides is 1. The first kappa shape index (κ1) is 34.0. The van der Waals surface area contributed by atoms with Crippen LogP contribution in [0.1, 0.15) is 23.7 Å². The van der Waals surface area contributed by atoms with Gasteiger partial charge in [-0.2, -0.15) is 13.2 Å². The van der Waals surface area contributed by atoms with Crippen LogP contribution in [0, 0.1) is 10.1 Å². The van der Waals surface area contributed by atoms with Crippen LogP contribution in [0.25, 0.3) is 20.1 Å². The molecule has 0 unspecified atom stereocenters. The van der Waals surface area contributed by atoms with Crippen molar-refractivity contribution in [3.05, 3.63) is 93.9 Å². The Morgan fingerprint density at radius 3 is 2.38 bits per heavy atom. The number of rotatable bonds is 12. The quantitative estimate of drug-likeness (QED) is 0.125. The van der Waals surface area contributed by atoms with Crippen LogP contribution in [0.4, 0.5) is 24.0 Å². The number of aromatic nitrogens is 3. The highest BCUT2D eigenvalue weighted by molar-refractivity contribution is 7.89. The van der Waals surface area contributed by atoms with E-state index in [-0.39, 0.29) is 35.3 Å². The number of carbonyl (C=O) groups is 1. The minimum Gasteiger partial charge on any atom is -0.378 e. The lowest BCUT2D eigenvalue weighted by Gasteiger charge is -2.26. The molecule has 12 nitrogen and oxygen atoms in total. The maximum Gasteiger partial charge on any atom is 0.416 e. The van der Waals surface area contributed by atoms with E-state index in [1.165, 1.54) is 42.4 Å². The fourth-order valence-corrected chi connectivity index (χ4v) is 7.97. The summed E-state index contributed by atoms with van der Waals surface area (Å²) in [4.78, 5) is 38.5. The lowest BCUT2D eigenvalue weighted by molar-refractivity contribution is -0.384. The van der Waals surface area contributed by atoms with Crippen molar-refractivity contribution in [2.24, 2.45) is 0 Å². The minimum absolute atomic E-state index is 0.0908. The Morgan fingerprint density at radius 2 is 1.79 bits per heavy atom. The Hall–Kier alpha value is -4.36. The lowest BCUT2D eigenvalue weighted by atomic mass is 10.0. The second-order valence-electron chi connectivity index (χ2n) is 10.2.